The minimum Gasteiger partial charge on any atom is -0.305 e. The van der Waals surface area contributed by atoms with Crippen molar-refractivity contribution < 1.29 is 4.92 Å². The van der Waals surface area contributed by atoms with Crippen LogP contribution in [0.25, 0.3) is 0 Å². The Bertz CT molecular complexity index is 625. The van der Waals surface area contributed by atoms with E-state index in [1.54, 1.807) is 30.4 Å². The van der Waals surface area contributed by atoms with E-state index in [2.05, 4.69) is 10.3 Å². The van der Waals surface area contributed by atoms with Crippen LogP contribution in [0.15, 0.2) is 23.6 Å². The molecule has 5 nitrogen and oxygen atoms in total. The lowest BCUT2D eigenvalue weighted by Gasteiger charge is -2.13. The number of thiazole rings is 1. The van der Waals surface area contributed by atoms with Crippen LogP contribution in [0.3, 0.4) is 0 Å². The molecule has 6 heteroatoms. The molecule has 1 N–H and O–H groups in total. The highest BCUT2D eigenvalue weighted by Gasteiger charge is 2.14. The number of rotatable bonds is 5. The van der Waals surface area contributed by atoms with Crippen molar-refractivity contribution in [2.45, 2.75) is 33.4 Å². The first-order valence-corrected chi connectivity index (χ1v) is 7.24. The molecule has 1 aromatic carbocycles. The number of nitro groups is 1. The molecular weight excluding hydrogens is 274 g/mol. The third kappa shape index (κ3) is 3.40. The molecule has 0 fully saturated rings. The van der Waals surface area contributed by atoms with Crippen molar-refractivity contribution in [3.8, 4) is 0 Å². The van der Waals surface area contributed by atoms with Gasteiger partial charge in [-0.2, -0.15) is 0 Å². The Morgan fingerprint density at radius 2 is 2.20 bits per heavy atom. The molecule has 0 radical (unpaired) electrons. The number of aromatic nitrogens is 1. The first-order chi connectivity index (χ1) is 9.47. The number of nitrogens with zero attached hydrogens (tertiary/aromatic N) is 2. The fraction of sp³-hybridized carbons (Fsp3) is 0.357. The first kappa shape index (κ1) is 14.6. The van der Waals surface area contributed by atoms with Crippen LogP contribution in [-0.4, -0.2) is 9.91 Å². The lowest BCUT2D eigenvalue weighted by molar-refractivity contribution is -0.385. The topological polar surface area (TPSA) is 68.1 Å². The minimum atomic E-state index is -0.338. The molecule has 0 aliphatic rings. The van der Waals surface area contributed by atoms with E-state index in [1.807, 2.05) is 25.3 Å². The fourth-order valence-electron chi connectivity index (χ4n) is 1.96. The predicted molar refractivity (Wildman–Crippen MR) is 79.9 cm³/mol. The quantitative estimate of drug-likeness (QED) is 0.676. The van der Waals surface area contributed by atoms with E-state index in [0.717, 1.165) is 16.3 Å². The lowest BCUT2D eigenvalue weighted by atomic mass is 10.0. The Morgan fingerprint density at radius 1 is 1.45 bits per heavy atom. The highest BCUT2D eigenvalue weighted by Crippen LogP contribution is 2.23. The van der Waals surface area contributed by atoms with Gasteiger partial charge in [-0.3, -0.25) is 10.1 Å². The molecule has 1 unspecified atom stereocenters. The van der Waals surface area contributed by atoms with Crippen molar-refractivity contribution in [1.29, 1.82) is 0 Å². The summed E-state index contributed by atoms with van der Waals surface area (Å²) < 4.78 is 0. The molecule has 0 spiro atoms. The smallest absolute Gasteiger partial charge is 0.272 e. The van der Waals surface area contributed by atoms with Crippen LogP contribution in [0.1, 0.15) is 34.8 Å². The fourth-order valence-corrected chi connectivity index (χ4v) is 2.57. The number of nitro benzene ring substituents is 1. The minimum absolute atomic E-state index is 0.0382. The maximum Gasteiger partial charge on any atom is 0.272 e. The second-order valence-corrected chi connectivity index (χ2v) is 5.83. The van der Waals surface area contributed by atoms with Gasteiger partial charge in [-0.1, -0.05) is 12.1 Å². The zero-order valence-corrected chi connectivity index (χ0v) is 12.5. The molecule has 0 aliphatic heterocycles. The number of aryl methyl sites for hydroxylation is 2. The SMILES string of the molecule is Cc1nc(CNC(C)c2ccc(C)c([N+](=O)[O-])c2)cs1. The van der Waals surface area contributed by atoms with Gasteiger partial charge in [-0.25, -0.2) is 4.98 Å². The Kier molecular flexibility index (Phi) is 4.46. The monoisotopic (exact) mass is 291 g/mol. The average molecular weight is 291 g/mol. The molecule has 2 aromatic rings. The van der Waals surface area contributed by atoms with Gasteiger partial charge in [-0.15, -0.1) is 11.3 Å². The standard InChI is InChI=1S/C14H17N3O2S/c1-9-4-5-12(6-14(9)17(18)19)10(2)15-7-13-8-20-11(3)16-13/h4-6,8,10,15H,7H2,1-3H3. The van der Waals surface area contributed by atoms with Crippen molar-refractivity contribution in [3.63, 3.8) is 0 Å². The normalized spacial score (nSPS) is 12.3. The third-order valence-corrected chi connectivity index (χ3v) is 4.01. The summed E-state index contributed by atoms with van der Waals surface area (Å²) in [4.78, 5) is 15.0. The lowest BCUT2D eigenvalue weighted by Crippen LogP contribution is -2.18. The van der Waals surface area contributed by atoms with Crippen LogP contribution in [0, 0.1) is 24.0 Å². The van der Waals surface area contributed by atoms with Crippen molar-refractivity contribution in [1.82, 2.24) is 10.3 Å². The highest BCUT2D eigenvalue weighted by atomic mass is 32.1. The molecule has 20 heavy (non-hydrogen) atoms. The second kappa shape index (κ2) is 6.11. The van der Waals surface area contributed by atoms with E-state index >= 15 is 0 Å². The number of benzene rings is 1. The van der Waals surface area contributed by atoms with Crippen molar-refractivity contribution in [2.75, 3.05) is 0 Å². The van der Waals surface area contributed by atoms with E-state index < -0.39 is 0 Å². The van der Waals surface area contributed by atoms with Gasteiger partial charge in [0.25, 0.3) is 5.69 Å². The molecule has 0 bridgehead atoms. The van der Waals surface area contributed by atoms with Crippen LogP contribution in [0.2, 0.25) is 0 Å². The van der Waals surface area contributed by atoms with E-state index in [-0.39, 0.29) is 16.7 Å². The van der Waals surface area contributed by atoms with Crippen LogP contribution in [0.5, 0.6) is 0 Å². The molecule has 0 aliphatic carbocycles. The van der Waals surface area contributed by atoms with E-state index in [1.165, 1.54) is 0 Å². The molecule has 1 atom stereocenters. The van der Waals surface area contributed by atoms with Gasteiger partial charge in [0, 0.05) is 29.6 Å². The van der Waals surface area contributed by atoms with Crippen molar-refractivity contribution in [2.24, 2.45) is 0 Å². The maximum atomic E-state index is 11.0. The maximum absolute atomic E-state index is 11.0. The molecule has 0 amide bonds. The summed E-state index contributed by atoms with van der Waals surface area (Å²) in [6, 6.07) is 5.39. The van der Waals surface area contributed by atoms with Crippen LogP contribution < -0.4 is 5.32 Å². The molecule has 1 aromatic heterocycles. The van der Waals surface area contributed by atoms with Gasteiger partial charge >= 0.3 is 0 Å². The summed E-state index contributed by atoms with van der Waals surface area (Å²) in [5, 5.41) is 17.4. The molecule has 0 saturated carbocycles. The molecule has 0 saturated heterocycles. The number of hydrogen-bond acceptors (Lipinski definition) is 5. The van der Waals surface area contributed by atoms with Crippen molar-refractivity contribution >= 4 is 17.0 Å². The summed E-state index contributed by atoms with van der Waals surface area (Å²) in [7, 11) is 0. The van der Waals surface area contributed by atoms with Gasteiger partial charge in [0.1, 0.15) is 0 Å². The summed E-state index contributed by atoms with van der Waals surface area (Å²) in [5.74, 6) is 0. The first-order valence-electron chi connectivity index (χ1n) is 6.36. The largest absolute Gasteiger partial charge is 0.305 e. The zero-order valence-electron chi connectivity index (χ0n) is 11.7. The number of hydrogen-bond donors (Lipinski definition) is 1. The molecule has 106 valence electrons. The van der Waals surface area contributed by atoms with Crippen molar-refractivity contribution in [3.05, 3.63) is 55.5 Å². The molecular formula is C14H17N3O2S. The Balaban J connectivity index is 2.07. The van der Waals surface area contributed by atoms with E-state index in [0.29, 0.717) is 12.1 Å². The van der Waals surface area contributed by atoms with Crippen LogP contribution >= 0.6 is 11.3 Å². The molecule has 1 heterocycles. The zero-order chi connectivity index (χ0) is 14.7. The Hall–Kier alpha value is -1.79. The van der Waals surface area contributed by atoms with Crippen LogP contribution in [0.4, 0.5) is 5.69 Å². The predicted octanol–water partition coefficient (Wildman–Crippen LogP) is 3.52. The summed E-state index contributed by atoms with van der Waals surface area (Å²) in [6.07, 6.45) is 0. The van der Waals surface area contributed by atoms with Gasteiger partial charge < -0.3 is 5.32 Å². The third-order valence-electron chi connectivity index (χ3n) is 3.19. The Labute approximate surface area is 121 Å². The van der Waals surface area contributed by atoms with Gasteiger partial charge in [0.2, 0.25) is 0 Å². The summed E-state index contributed by atoms with van der Waals surface area (Å²) in [5.41, 5.74) is 2.76. The van der Waals surface area contributed by atoms with Crippen LogP contribution in [-0.2, 0) is 6.54 Å². The Morgan fingerprint density at radius 3 is 2.80 bits per heavy atom. The second-order valence-electron chi connectivity index (χ2n) is 4.76. The van der Waals surface area contributed by atoms with E-state index in [4.69, 9.17) is 0 Å². The summed E-state index contributed by atoms with van der Waals surface area (Å²) in [6.45, 7) is 6.37. The average Bonchev–Trinajstić information content (AvgIpc) is 2.82. The summed E-state index contributed by atoms with van der Waals surface area (Å²) >= 11 is 1.62. The van der Waals surface area contributed by atoms with E-state index in [9.17, 15) is 10.1 Å². The van der Waals surface area contributed by atoms with Gasteiger partial charge in [-0.05, 0) is 26.3 Å². The molecule has 2 rings (SSSR count). The highest BCUT2D eigenvalue weighted by molar-refractivity contribution is 7.09. The van der Waals surface area contributed by atoms with Gasteiger partial charge in [0.15, 0.2) is 0 Å². The van der Waals surface area contributed by atoms with Gasteiger partial charge in [0.05, 0.1) is 15.6 Å². The number of nitrogens with one attached hydrogen (secondary N) is 1.